The highest BCUT2D eigenvalue weighted by atomic mass is 16.5. The SMILES string of the molecule is C=CC(=O)N1CC[N+]2=C(COc3c2ccc(C)c3C(=N/C=C/CC)Nc2ccc(Oc3ccc(N(C)C=C)c(C(C)C)c3)c(C)c2)C1. The van der Waals surface area contributed by atoms with E-state index in [-0.39, 0.29) is 5.91 Å². The molecule has 0 saturated carbocycles. The molecule has 0 saturated heterocycles. The van der Waals surface area contributed by atoms with Crippen LogP contribution in [-0.2, 0) is 4.79 Å². The first kappa shape index (κ1) is 33.3. The number of benzene rings is 3. The van der Waals surface area contributed by atoms with Crippen molar-refractivity contribution in [1.82, 2.24) is 4.90 Å². The number of hydrogen-bond donors (Lipinski definition) is 1. The van der Waals surface area contributed by atoms with E-state index in [9.17, 15) is 4.79 Å². The maximum atomic E-state index is 12.3. The van der Waals surface area contributed by atoms with Gasteiger partial charge in [0.05, 0.1) is 12.1 Å². The molecule has 8 nitrogen and oxygen atoms in total. The third-order valence-electron chi connectivity index (χ3n) is 8.58. The quantitative estimate of drug-likeness (QED) is 0.106. The van der Waals surface area contributed by atoms with E-state index in [1.807, 2.05) is 60.4 Å². The maximum Gasteiger partial charge on any atom is 0.248 e. The lowest BCUT2D eigenvalue weighted by Gasteiger charge is -2.29. The minimum absolute atomic E-state index is 0.0600. The first-order chi connectivity index (χ1) is 22.6. The molecular formula is C39H46N5O3+. The summed E-state index contributed by atoms with van der Waals surface area (Å²) in [5.74, 6) is 3.33. The molecule has 0 fully saturated rings. The molecule has 1 amide bonds. The number of rotatable bonds is 10. The van der Waals surface area contributed by atoms with E-state index < -0.39 is 0 Å². The van der Waals surface area contributed by atoms with E-state index >= 15 is 0 Å². The number of amides is 1. The summed E-state index contributed by atoms with van der Waals surface area (Å²) in [6.07, 6.45) is 7.93. The summed E-state index contributed by atoms with van der Waals surface area (Å²) in [6, 6.07) is 16.5. The van der Waals surface area contributed by atoms with Gasteiger partial charge >= 0.3 is 0 Å². The van der Waals surface area contributed by atoms with Gasteiger partial charge in [0.1, 0.15) is 23.9 Å². The van der Waals surface area contributed by atoms with Gasteiger partial charge in [-0.3, -0.25) is 4.79 Å². The molecule has 47 heavy (non-hydrogen) atoms. The lowest BCUT2D eigenvalue weighted by Crippen LogP contribution is -2.49. The highest BCUT2D eigenvalue weighted by Crippen LogP contribution is 2.38. The van der Waals surface area contributed by atoms with Crippen molar-refractivity contribution in [3.8, 4) is 17.2 Å². The van der Waals surface area contributed by atoms with Gasteiger partial charge in [0.2, 0.25) is 23.1 Å². The number of ether oxygens (including phenoxy) is 2. The average molecular weight is 633 g/mol. The minimum atomic E-state index is -0.0600. The Morgan fingerprint density at radius 2 is 1.96 bits per heavy atom. The molecule has 0 unspecified atom stereocenters. The molecule has 8 heteroatoms. The third kappa shape index (κ3) is 7.17. The summed E-state index contributed by atoms with van der Waals surface area (Å²) in [4.78, 5) is 21.0. The number of nitrogens with one attached hydrogen (secondary N) is 1. The normalized spacial score (nSPS) is 14.4. The number of carbonyl (C=O) groups is 1. The fraction of sp³-hybridized carbons (Fsp3) is 0.308. The lowest BCUT2D eigenvalue weighted by molar-refractivity contribution is -0.453. The highest BCUT2D eigenvalue weighted by molar-refractivity contribution is 6.12. The first-order valence-corrected chi connectivity index (χ1v) is 16.2. The smallest absolute Gasteiger partial charge is 0.248 e. The van der Waals surface area contributed by atoms with E-state index in [1.54, 1.807) is 0 Å². The van der Waals surface area contributed by atoms with Gasteiger partial charge in [-0.2, -0.15) is 4.58 Å². The summed E-state index contributed by atoms with van der Waals surface area (Å²) in [5, 5.41) is 3.59. The summed E-state index contributed by atoms with van der Waals surface area (Å²) >= 11 is 0. The fourth-order valence-electron chi connectivity index (χ4n) is 5.95. The standard InChI is InChI=1S/C39H46N5O3/c1-9-12-19-40-39(37-27(6)13-16-34-38(37)46-25-30-24-43(36(45)10-2)20-21-44(30)34)41-29-14-18-35(28(7)22-29)47-31-15-17-33(42(8)11-3)32(23-31)26(4)5/h10-19,22-23,26H,2-3,9,20-21,24-25H2,1,4-8H3,(H,40,41)/q+1/b19-12+. The second-order valence-corrected chi connectivity index (χ2v) is 12.2. The molecule has 2 heterocycles. The van der Waals surface area contributed by atoms with Crippen molar-refractivity contribution in [3.05, 3.63) is 108 Å². The first-order valence-electron chi connectivity index (χ1n) is 16.2. The summed E-state index contributed by atoms with van der Waals surface area (Å²) < 4.78 is 15.1. The van der Waals surface area contributed by atoms with Crippen molar-refractivity contribution in [2.24, 2.45) is 4.99 Å². The fourth-order valence-corrected chi connectivity index (χ4v) is 5.95. The Morgan fingerprint density at radius 1 is 1.15 bits per heavy atom. The molecule has 3 aromatic rings. The van der Waals surface area contributed by atoms with Crippen molar-refractivity contribution in [1.29, 1.82) is 0 Å². The number of anilines is 2. The average Bonchev–Trinajstić information content (AvgIpc) is 3.07. The molecule has 5 rings (SSSR count). The van der Waals surface area contributed by atoms with Crippen LogP contribution in [0.25, 0.3) is 0 Å². The van der Waals surface area contributed by atoms with Crippen LogP contribution in [-0.4, -0.2) is 60.2 Å². The Balaban J connectivity index is 1.45. The zero-order valence-electron chi connectivity index (χ0n) is 28.5. The van der Waals surface area contributed by atoms with Crippen LogP contribution in [0.5, 0.6) is 17.2 Å². The largest absolute Gasteiger partial charge is 0.475 e. The van der Waals surface area contributed by atoms with E-state index in [0.29, 0.717) is 38.0 Å². The van der Waals surface area contributed by atoms with E-state index in [1.165, 1.54) is 11.6 Å². The van der Waals surface area contributed by atoms with Gasteiger partial charge in [0.25, 0.3) is 0 Å². The number of carbonyl (C=O) groups excluding carboxylic acids is 1. The van der Waals surface area contributed by atoms with E-state index in [2.05, 4.69) is 81.1 Å². The van der Waals surface area contributed by atoms with Crippen LogP contribution in [0.3, 0.4) is 0 Å². The monoisotopic (exact) mass is 632 g/mol. The molecule has 0 aliphatic carbocycles. The number of aryl methyl sites for hydroxylation is 2. The van der Waals surface area contributed by atoms with E-state index in [0.717, 1.165) is 63.1 Å². The molecule has 0 atom stereocenters. The Kier molecular flexibility index (Phi) is 10.3. The zero-order chi connectivity index (χ0) is 33.7. The molecule has 0 aromatic heterocycles. The van der Waals surface area contributed by atoms with Crippen molar-refractivity contribution in [2.45, 2.75) is 47.0 Å². The Hall–Kier alpha value is -5.11. The van der Waals surface area contributed by atoms with Crippen molar-refractivity contribution < 1.29 is 18.8 Å². The summed E-state index contributed by atoms with van der Waals surface area (Å²) in [6.45, 7) is 20.4. The molecule has 0 bridgehead atoms. The second-order valence-electron chi connectivity index (χ2n) is 12.2. The van der Waals surface area contributed by atoms with Crippen molar-refractivity contribution >= 4 is 34.5 Å². The molecule has 3 aromatic carbocycles. The number of hydrogen-bond acceptors (Lipinski definition) is 5. The summed E-state index contributed by atoms with van der Waals surface area (Å²) in [5.41, 5.74) is 8.19. The van der Waals surface area contributed by atoms with Gasteiger partial charge in [0, 0.05) is 30.7 Å². The maximum absolute atomic E-state index is 12.3. The van der Waals surface area contributed by atoms with Crippen LogP contribution >= 0.6 is 0 Å². The zero-order valence-corrected chi connectivity index (χ0v) is 28.5. The lowest BCUT2D eigenvalue weighted by atomic mass is 10.00. The van der Waals surface area contributed by atoms with Crippen LogP contribution < -0.4 is 19.7 Å². The Morgan fingerprint density at radius 3 is 2.66 bits per heavy atom. The van der Waals surface area contributed by atoms with Gasteiger partial charge in [-0.25, -0.2) is 4.99 Å². The Labute approximate surface area is 279 Å². The van der Waals surface area contributed by atoms with Gasteiger partial charge in [-0.05, 0) is 91.6 Å². The molecule has 2 aliphatic heterocycles. The van der Waals surface area contributed by atoms with Crippen molar-refractivity contribution in [3.63, 3.8) is 0 Å². The third-order valence-corrected chi connectivity index (χ3v) is 8.58. The van der Waals surface area contributed by atoms with Gasteiger partial charge in [0.15, 0.2) is 13.2 Å². The predicted octanol–water partition coefficient (Wildman–Crippen LogP) is 8.09. The van der Waals surface area contributed by atoms with E-state index in [4.69, 9.17) is 14.5 Å². The number of fused-ring (bicyclic) bond motifs is 2. The summed E-state index contributed by atoms with van der Waals surface area (Å²) in [7, 11) is 2.00. The van der Waals surface area contributed by atoms with Crippen LogP contribution in [0.15, 0.2) is 91.2 Å². The van der Waals surface area contributed by atoms with Gasteiger partial charge in [-0.15, -0.1) is 0 Å². The molecular weight excluding hydrogens is 586 g/mol. The topological polar surface area (TPSA) is 69.4 Å². The molecule has 2 aliphatic rings. The highest BCUT2D eigenvalue weighted by Gasteiger charge is 2.36. The number of nitrogens with zero attached hydrogens (tertiary/aromatic N) is 4. The predicted molar refractivity (Wildman–Crippen MR) is 193 cm³/mol. The minimum Gasteiger partial charge on any atom is -0.475 e. The number of amidine groups is 1. The molecule has 0 radical (unpaired) electrons. The van der Waals surface area contributed by atoms with Gasteiger partial charge < -0.3 is 24.6 Å². The number of allylic oxidation sites excluding steroid dienone is 1. The second kappa shape index (κ2) is 14.5. The molecule has 244 valence electrons. The van der Waals surface area contributed by atoms with Crippen molar-refractivity contribution in [2.75, 3.05) is 43.5 Å². The number of aliphatic imine (C=N–C) groups is 1. The molecule has 1 N–H and O–H groups in total. The molecule has 0 spiro atoms. The van der Waals surface area contributed by atoms with Crippen LogP contribution in [0.4, 0.5) is 17.1 Å². The van der Waals surface area contributed by atoms with Crippen LogP contribution in [0.2, 0.25) is 0 Å². The van der Waals surface area contributed by atoms with Crippen LogP contribution in [0.1, 0.15) is 55.4 Å². The van der Waals surface area contributed by atoms with Gasteiger partial charge in [-0.1, -0.05) is 46.1 Å². The Bertz CT molecular complexity index is 1790. The van der Waals surface area contributed by atoms with Crippen LogP contribution in [0, 0.1) is 13.8 Å².